The minimum atomic E-state index is -0.457. The molecule has 2 rings (SSSR count). The minimum absolute atomic E-state index is 0.251. The normalized spacial score (nSPS) is 10.0. The van der Waals surface area contributed by atoms with Gasteiger partial charge in [-0.15, -0.1) is 0 Å². The van der Waals surface area contributed by atoms with Crippen molar-refractivity contribution in [2.24, 2.45) is 0 Å². The van der Waals surface area contributed by atoms with Crippen molar-refractivity contribution in [3.63, 3.8) is 0 Å². The molecule has 0 unspecified atom stereocenters. The highest BCUT2D eigenvalue weighted by molar-refractivity contribution is 5.95. The zero-order valence-electron chi connectivity index (χ0n) is 12.8. The summed E-state index contributed by atoms with van der Waals surface area (Å²) in [6.45, 7) is 2.47. The molecular weight excluding hydrogens is 297 g/mol. The molecule has 0 aliphatic carbocycles. The summed E-state index contributed by atoms with van der Waals surface area (Å²) in [6, 6.07) is 14.2. The van der Waals surface area contributed by atoms with Crippen LogP contribution in [-0.4, -0.2) is 23.4 Å². The van der Waals surface area contributed by atoms with Gasteiger partial charge >= 0.3 is 6.03 Å². The maximum absolute atomic E-state index is 13.2. The summed E-state index contributed by atoms with van der Waals surface area (Å²) < 4.78 is 13.2. The van der Waals surface area contributed by atoms with E-state index in [1.165, 1.54) is 17.0 Å². The highest BCUT2D eigenvalue weighted by Gasteiger charge is 2.13. The molecule has 0 radical (unpaired) electrons. The molecule has 3 amide bonds. The first kappa shape index (κ1) is 16.5. The van der Waals surface area contributed by atoms with Crippen LogP contribution in [0.1, 0.15) is 22.8 Å². The first-order valence-corrected chi connectivity index (χ1v) is 7.25. The van der Waals surface area contributed by atoms with Crippen LogP contribution in [0.3, 0.4) is 0 Å². The van der Waals surface area contributed by atoms with Crippen molar-refractivity contribution < 1.29 is 14.0 Å². The molecule has 0 atom stereocenters. The third-order valence-electron chi connectivity index (χ3n) is 3.25. The van der Waals surface area contributed by atoms with E-state index in [1.807, 2.05) is 0 Å². The van der Waals surface area contributed by atoms with Crippen LogP contribution in [0.25, 0.3) is 0 Å². The van der Waals surface area contributed by atoms with Crippen molar-refractivity contribution in [1.29, 1.82) is 0 Å². The number of benzene rings is 2. The quantitative estimate of drug-likeness (QED) is 0.852. The maximum Gasteiger partial charge on any atom is 0.336 e. The smallest absolute Gasteiger partial charge is 0.319 e. The van der Waals surface area contributed by atoms with Crippen molar-refractivity contribution in [3.8, 4) is 0 Å². The molecule has 0 saturated heterocycles. The molecule has 0 spiro atoms. The SMILES string of the molecule is CCN(Cc1cccc(F)c1)C(=O)NNC(=O)c1ccccc1. The number of nitrogens with zero attached hydrogens (tertiary/aromatic N) is 1. The molecule has 2 aromatic rings. The summed E-state index contributed by atoms with van der Waals surface area (Å²) >= 11 is 0. The third-order valence-corrected chi connectivity index (χ3v) is 3.25. The van der Waals surface area contributed by atoms with Crippen LogP contribution in [0.4, 0.5) is 9.18 Å². The summed E-state index contributed by atoms with van der Waals surface area (Å²) in [5.41, 5.74) is 5.84. The number of carbonyl (C=O) groups excluding carboxylic acids is 2. The number of hydrogen-bond acceptors (Lipinski definition) is 2. The van der Waals surface area contributed by atoms with Gasteiger partial charge in [0.15, 0.2) is 0 Å². The van der Waals surface area contributed by atoms with Crippen molar-refractivity contribution >= 4 is 11.9 Å². The van der Waals surface area contributed by atoms with Crippen molar-refractivity contribution in [2.45, 2.75) is 13.5 Å². The predicted molar refractivity (Wildman–Crippen MR) is 84.9 cm³/mol. The lowest BCUT2D eigenvalue weighted by atomic mass is 10.2. The fraction of sp³-hybridized carbons (Fsp3) is 0.176. The van der Waals surface area contributed by atoms with E-state index in [4.69, 9.17) is 0 Å². The van der Waals surface area contributed by atoms with Crippen LogP contribution >= 0.6 is 0 Å². The minimum Gasteiger partial charge on any atom is -0.319 e. The number of urea groups is 1. The van der Waals surface area contributed by atoms with Gasteiger partial charge in [-0.1, -0.05) is 30.3 Å². The van der Waals surface area contributed by atoms with Gasteiger partial charge in [0.25, 0.3) is 5.91 Å². The first-order chi connectivity index (χ1) is 11.1. The topological polar surface area (TPSA) is 61.4 Å². The Kier molecular flexibility index (Phi) is 5.68. The van der Waals surface area contributed by atoms with Gasteiger partial charge in [0.1, 0.15) is 5.82 Å². The number of amides is 3. The summed E-state index contributed by atoms with van der Waals surface area (Å²) in [4.78, 5) is 25.4. The first-order valence-electron chi connectivity index (χ1n) is 7.25. The van der Waals surface area contributed by atoms with Crippen LogP contribution < -0.4 is 10.9 Å². The summed E-state index contributed by atoms with van der Waals surface area (Å²) in [6.07, 6.45) is 0. The van der Waals surface area contributed by atoms with Gasteiger partial charge < -0.3 is 4.90 Å². The summed E-state index contributed by atoms with van der Waals surface area (Å²) in [5.74, 6) is -0.753. The summed E-state index contributed by atoms with van der Waals surface area (Å²) in [5, 5.41) is 0. The Morgan fingerprint density at radius 2 is 1.78 bits per heavy atom. The molecule has 0 bridgehead atoms. The second-order valence-corrected chi connectivity index (χ2v) is 4.89. The molecule has 120 valence electrons. The van der Waals surface area contributed by atoms with E-state index in [0.29, 0.717) is 17.7 Å². The summed E-state index contributed by atoms with van der Waals surface area (Å²) in [7, 11) is 0. The average Bonchev–Trinajstić information content (AvgIpc) is 2.58. The van der Waals surface area contributed by atoms with E-state index in [1.54, 1.807) is 49.4 Å². The zero-order valence-corrected chi connectivity index (χ0v) is 12.8. The second-order valence-electron chi connectivity index (χ2n) is 4.89. The number of halogens is 1. The van der Waals surface area contributed by atoms with E-state index >= 15 is 0 Å². The fourth-order valence-electron chi connectivity index (χ4n) is 2.03. The van der Waals surface area contributed by atoms with Crippen LogP contribution in [0.5, 0.6) is 0 Å². The molecule has 0 fully saturated rings. The number of carbonyl (C=O) groups is 2. The molecule has 5 nitrogen and oxygen atoms in total. The lowest BCUT2D eigenvalue weighted by Crippen LogP contribution is -2.48. The monoisotopic (exact) mass is 315 g/mol. The average molecular weight is 315 g/mol. The van der Waals surface area contributed by atoms with E-state index in [-0.39, 0.29) is 12.4 Å². The van der Waals surface area contributed by atoms with Crippen LogP contribution in [0.15, 0.2) is 54.6 Å². The Morgan fingerprint density at radius 1 is 1.04 bits per heavy atom. The van der Waals surface area contributed by atoms with Gasteiger partial charge in [0, 0.05) is 18.7 Å². The van der Waals surface area contributed by atoms with Crippen molar-refractivity contribution in [2.75, 3.05) is 6.54 Å². The Hall–Kier alpha value is -2.89. The highest BCUT2D eigenvalue weighted by Crippen LogP contribution is 2.07. The van der Waals surface area contributed by atoms with Gasteiger partial charge in [0.2, 0.25) is 0 Å². The molecule has 0 aliphatic heterocycles. The molecule has 2 N–H and O–H groups in total. The Balaban J connectivity index is 1.91. The Morgan fingerprint density at radius 3 is 2.43 bits per heavy atom. The largest absolute Gasteiger partial charge is 0.336 e. The Labute approximate surface area is 134 Å². The van der Waals surface area contributed by atoms with Crippen LogP contribution in [0, 0.1) is 5.82 Å². The lowest BCUT2D eigenvalue weighted by Gasteiger charge is -2.21. The molecule has 0 aliphatic rings. The van der Waals surface area contributed by atoms with E-state index in [0.717, 1.165) is 0 Å². The van der Waals surface area contributed by atoms with E-state index in [2.05, 4.69) is 10.9 Å². The van der Waals surface area contributed by atoms with Gasteiger partial charge in [0.05, 0.1) is 0 Å². The van der Waals surface area contributed by atoms with Crippen molar-refractivity contribution in [3.05, 3.63) is 71.5 Å². The maximum atomic E-state index is 13.2. The molecular formula is C17H18FN3O2. The predicted octanol–water partition coefficient (Wildman–Crippen LogP) is 2.70. The van der Waals surface area contributed by atoms with Gasteiger partial charge in [-0.05, 0) is 36.8 Å². The standard InChI is InChI=1S/C17H18FN3O2/c1-2-21(12-13-7-6-10-15(18)11-13)17(23)20-19-16(22)14-8-4-3-5-9-14/h3-11H,2,12H2,1H3,(H,19,22)(H,20,23). The number of hydrazine groups is 1. The third kappa shape index (κ3) is 4.81. The van der Waals surface area contributed by atoms with Gasteiger partial charge in [-0.25, -0.2) is 14.6 Å². The molecule has 0 heterocycles. The lowest BCUT2D eigenvalue weighted by molar-refractivity contribution is 0.0929. The molecule has 23 heavy (non-hydrogen) atoms. The van der Waals surface area contributed by atoms with E-state index < -0.39 is 11.9 Å². The Bertz CT molecular complexity index is 677. The fourth-order valence-corrected chi connectivity index (χ4v) is 2.03. The van der Waals surface area contributed by atoms with Gasteiger partial charge in [-0.2, -0.15) is 0 Å². The number of nitrogens with one attached hydrogen (secondary N) is 2. The van der Waals surface area contributed by atoms with Crippen LogP contribution in [0.2, 0.25) is 0 Å². The molecule has 6 heteroatoms. The molecule has 0 saturated carbocycles. The van der Waals surface area contributed by atoms with Crippen molar-refractivity contribution in [1.82, 2.24) is 15.8 Å². The molecule has 2 aromatic carbocycles. The van der Waals surface area contributed by atoms with E-state index in [9.17, 15) is 14.0 Å². The highest BCUT2D eigenvalue weighted by atomic mass is 19.1. The number of rotatable bonds is 4. The zero-order chi connectivity index (χ0) is 16.7. The molecule has 0 aromatic heterocycles. The van der Waals surface area contributed by atoms with Crippen LogP contribution in [-0.2, 0) is 6.54 Å². The number of hydrogen-bond donors (Lipinski definition) is 2. The second kappa shape index (κ2) is 7.93. The van der Waals surface area contributed by atoms with Gasteiger partial charge in [-0.3, -0.25) is 10.2 Å².